The van der Waals surface area contributed by atoms with Crippen molar-refractivity contribution in [3.63, 3.8) is 0 Å². The average Bonchev–Trinajstić information content (AvgIpc) is 2.65. The molecule has 30 heavy (non-hydrogen) atoms. The number of nitro benzene ring substituents is 1. The van der Waals surface area contributed by atoms with E-state index in [0.29, 0.717) is 11.3 Å². The van der Waals surface area contributed by atoms with Crippen molar-refractivity contribution < 1.29 is 22.9 Å². The molecule has 0 heterocycles. The molecular weight excluding hydrogens is 410 g/mol. The van der Waals surface area contributed by atoms with Crippen molar-refractivity contribution in [3.05, 3.63) is 63.7 Å². The number of para-hydroxylation sites is 1. The van der Waals surface area contributed by atoms with Gasteiger partial charge in [-0.05, 0) is 38.0 Å². The van der Waals surface area contributed by atoms with Crippen molar-refractivity contribution in [3.8, 4) is 5.75 Å². The number of rotatable bonds is 9. The highest BCUT2D eigenvalue weighted by molar-refractivity contribution is 7.92. The summed E-state index contributed by atoms with van der Waals surface area (Å²) in [6.45, 7) is 4.96. The predicted octanol–water partition coefficient (Wildman–Crippen LogP) is 2.56. The third-order valence-electron chi connectivity index (χ3n) is 4.35. The molecule has 162 valence electrons. The van der Waals surface area contributed by atoms with Crippen LogP contribution in [0, 0.1) is 24.0 Å². The fraction of sp³-hybridized carbons (Fsp3) is 0.350. The molecule has 0 fully saturated rings. The van der Waals surface area contributed by atoms with Crippen LogP contribution in [0.3, 0.4) is 0 Å². The summed E-state index contributed by atoms with van der Waals surface area (Å²) >= 11 is 0. The number of benzene rings is 2. The molecule has 0 aromatic heterocycles. The Morgan fingerprint density at radius 3 is 2.47 bits per heavy atom. The molecule has 10 heteroatoms. The highest BCUT2D eigenvalue weighted by atomic mass is 32.2. The van der Waals surface area contributed by atoms with Crippen molar-refractivity contribution in [2.75, 3.05) is 23.7 Å². The first-order valence-electron chi connectivity index (χ1n) is 9.19. The molecule has 0 aliphatic carbocycles. The van der Waals surface area contributed by atoms with Gasteiger partial charge in [0.15, 0.2) is 0 Å². The van der Waals surface area contributed by atoms with Crippen molar-refractivity contribution in [2.24, 2.45) is 0 Å². The molecule has 0 spiro atoms. The van der Waals surface area contributed by atoms with Crippen LogP contribution in [0.5, 0.6) is 5.75 Å². The summed E-state index contributed by atoms with van der Waals surface area (Å²) in [5.74, 6) is 0.149. The van der Waals surface area contributed by atoms with Crippen molar-refractivity contribution >= 4 is 27.3 Å². The van der Waals surface area contributed by atoms with Gasteiger partial charge in [0.25, 0.3) is 5.69 Å². The lowest BCUT2D eigenvalue weighted by molar-refractivity contribution is -0.384. The SMILES string of the molecule is Cc1ccccc1OCC(C)NC(=O)CN(c1cc([N+](=O)[O-])ccc1C)S(C)(=O)=O. The van der Waals surface area contributed by atoms with Gasteiger partial charge in [-0.1, -0.05) is 24.3 Å². The molecule has 9 nitrogen and oxygen atoms in total. The molecule has 2 aromatic carbocycles. The third-order valence-corrected chi connectivity index (χ3v) is 5.48. The fourth-order valence-corrected chi connectivity index (χ4v) is 3.69. The maximum atomic E-state index is 12.5. The van der Waals surface area contributed by atoms with Crippen LogP contribution in [-0.2, 0) is 14.8 Å². The minimum absolute atomic E-state index is 0.0886. The smallest absolute Gasteiger partial charge is 0.271 e. The summed E-state index contributed by atoms with van der Waals surface area (Å²) in [6.07, 6.45) is 0.948. The molecule has 1 atom stereocenters. The Kier molecular flexibility index (Phi) is 7.38. The van der Waals surface area contributed by atoms with Crippen LogP contribution in [0.4, 0.5) is 11.4 Å². The number of ether oxygens (including phenoxy) is 1. The van der Waals surface area contributed by atoms with E-state index in [1.54, 1.807) is 13.8 Å². The molecule has 0 saturated carbocycles. The zero-order chi connectivity index (χ0) is 22.5. The summed E-state index contributed by atoms with van der Waals surface area (Å²) < 4.78 is 31.1. The number of anilines is 1. The second-order valence-electron chi connectivity index (χ2n) is 7.04. The Balaban J connectivity index is 2.10. The minimum Gasteiger partial charge on any atom is -0.491 e. The molecule has 2 aromatic rings. The number of sulfonamides is 1. The fourth-order valence-electron chi connectivity index (χ4n) is 2.79. The summed E-state index contributed by atoms with van der Waals surface area (Å²) in [4.78, 5) is 22.9. The van der Waals surface area contributed by atoms with E-state index in [1.807, 2.05) is 31.2 Å². The normalized spacial score (nSPS) is 12.1. The lowest BCUT2D eigenvalue weighted by atomic mass is 10.2. The molecule has 1 N–H and O–H groups in total. The third kappa shape index (κ3) is 6.18. The van der Waals surface area contributed by atoms with E-state index in [4.69, 9.17) is 4.74 Å². The van der Waals surface area contributed by atoms with Gasteiger partial charge in [-0.2, -0.15) is 0 Å². The molecule has 0 aliphatic rings. The molecule has 0 saturated heterocycles. The molecule has 0 aliphatic heterocycles. The Labute approximate surface area is 175 Å². The van der Waals surface area contributed by atoms with Crippen molar-refractivity contribution in [2.45, 2.75) is 26.8 Å². The number of carbonyl (C=O) groups excluding carboxylic acids is 1. The van der Waals surface area contributed by atoms with Gasteiger partial charge in [-0.15, -0.1) is 0 Å². The average molecular weight is 436 g/mol. The lowest BCUT2D eigenvalue weighted by Crippen LogP contribution is -2.45. The Morgan fingerprint density at radius 1 is 1.20 bits per heavy atom. The van der Waals surface area contributed by atoms with E-state index >= 15 is 0 Å². The van der Waals surface area contributed by atoms with Gasteiger partial charge in [-0.3, -0.25) is 19.2 Å². The van der Waals surface area contributed by atoms with Gasteiger partial charge in [0, 0.05) is 12.1 Å². The van der Waals surface area contributed by atoms with Crippen molar-refractivity contribution in [1.82, 2.24) is 5.32 Å². The van der Waals surface area contributed by atoms with Crippen LogP contribution >= 0.6 is 0 Å². The number of non-ortho nitro benzene ring substituents is 1. The topological polar surface area (TPSA) is 119 Å². The van der Waals surface area contributed by atoms with E-state index in [0.717, 1.165) is 22.2 Å². The van der Waals surface area contributed by atoms with E-state index in [2.05, 4.69) is 5.32 Å². The number of amides is 1. The number of hydrogen-bond donors (Lipinski definition) is 1. The molecular formula is C20H25N3O6S. The van der Waals surface area contributed by atoms with Gasteiger partial charge in [0.05, 0.1) is 22.9 Å². The molecule has 0 bridgehead atoms. The number of nitrogens with one attached hydrogen (secondary N) is 1. The quantitative estimate of drug-likeness (QED) is 0.478. The zero-order valence-electron chi connectivity index (χ0n) is 17.3. The van der Waals surface area contributed by atoms with Gasteiger partial charge < -0.3 is 10.1 Å². The van der Waals surface area contributed by atoms with E-state index in [9.17, 15) is 23.3 Å². The van der Waals surface area contributed by atoms with Crippen LogP contribution in [0.25, 0.3) is 0 Å². The second-order valence-corrected chi connectivity index (χ2v) is 8.95. The number of carbonyl (C=O) groups is 1. The van der Waals surface area contributed by atoms with Crippen LogP contribution in [-0.4, -0.2) is 44.7 Å². The standard InChI is InChI=1S/C20H25N3O6S/c1-14-9-10-17(23(25)26)11-18(14)22(30(4,27)28)12-20(24)21-16(3)13-29-19-8-6-5-7-15(19)2/h5-11,16H,12-13H2,1-4H3,(H,21,24). The number of nitrogens with zero attached hydrogens (tertiary/aromatic N) is 2. The number of nitro groups is 1. The number of hydrogen-bond acceptors (Lipinski definition) is 6. The van der Waals surface area contributed by atoms with Gasteiger partial charge in [0.1, 0.15) is 18.9 Å². The van der Waals surface area contributed by atoms with Crippen LogP contribution in [0.1, 0.15) is 18.1 Å². The summed E-state index contributed by atoms with van der Waals surface area (Å²) in [5.41, 5.74) is 1.28. The van der Waals surface area contributed by atoms with Gasteiger partial charge in [-0.25, -0.2) is 8.42 Å². The Morgan fingerprint density at radius 2 is 1.87 bits per heavy atom. The maximum absolute atomic E-state index is 12.5. The van der Waals surface area contributed by atoms with Crippen LogP contribution < -0.4 is 14.4 Å². The first-order chi connectivity index (χ1) is 14.0. The predicted molar refractivity (Wildman–Crippen MR) is 114 cm³/mol. The Hall–Kier alpha value is -3.14. The molecule has 2 rings (SSSR count). The maximum Gasteiger partial charge on any atom is 0.271 e. The summed E-state index contributed by atoms with van der Waals surface area (Å²) in [7, 11) is -3.86. The first kappa shape index (κ1) is 23.1. The summed E-state index contributed by atoms with van der Waals surface area (Å²) in [6, 6.07) is 11.0. The second kappa shape index (κ2) is 9.57. The lowest BCUT2D eigenvalue weighted by Gasteiger charge is -2.24. The van der Waals surface area contributed by atoms with Crippen LogP contribution in [0.15, 0.2) is 42.5 Å². The molecule has 1 amide bonds. The molecule has 1 unspecified atom stereocenters. The first-order valence-corrected chi connectivity index (χ1v) is 11.0. The largest absolute Gasteiger partial charge is 0.491 e. The Bertz CT molecular complexity index is 1040. The molecule has 0 radical (unpaired) electrons. The van der Waals surface area contributed by atoms with E-state index in [1.165, 1.54) is 12.1 Å². The van der Waals surface area contributed by atoms with Crippen LogP contribution in [0.2, 0.25) is 0 Å². The van der Waals surface area contributed by atoms with E-state index < -0.39 is 27.4 Å². The van der Waals surface area contributed by atoms with Gasteiger partial charge >= 0.3 is 0 Å². The highest BCUT2D eigenvalue weighted by Crippen LogP contribution is 2.27. The number of aryl methyl sites for hydroxylation is 2. The summed E-state index contributed by atoms with van der Waals surface area (Å²) in [5, 5.41) is 13.8. The zero-order valence-corrected chi connectivity index (χ0v) is 18.1. The minimum atomic E-state index is -3.86. The monoisotopic (exact) mass is 435 g/mol. The van der Waals surface area contributed by atoms with Gasteiger partial charge in [0.2, 0.25) is 15.9 Å². The van der Waals surface area contributed by atoms with E-state index in [-0.39, 0.29) is 24.0 Å². The van der Waals surface area contributed by atoms with Crippen molar-refractivity contribution in [1.29, 1.82) is 0 Å². The highest BCUT2D eigenvalue weighted by Gasteiger charge is 2.25.